The molecule has 2 heterocycles. The number of H-pyrrole nitrogens is 1. The van der Waals surface area contributed by atoms with Gasteiger partial charge in [-0.05, 0) is 17.7 Å². The van der Waals surface area contributed by atoms with Crippen molar-refractivity contribution in [1.29, 1.82) is 0 Å². The predicted octanol–water partition coefficient (Wildman–Crippen LogP) is 3.58. The number of carbonyl (C=O) groups excluding carboxylic acids is 1. The Balaban J connectivity index is 1.56. The van der Waals surface area contributed by atoms with E-state index >= 15 is 0 Å². The Labute approximate surface area is 174 Å². The van der Waals surface area contributed by atoms with Crippen molar-refractivity contribution in [2.45, 2.75) is 10.8 Å². The van der Waals surface area contributed by atoms with Gasteiger partial charge in [0.15, 0.2) is 15.0 Å². The van der Waals surface area contributed by atoms with Gasteiger partial charge in [-0.1, -0.05) is 45.5 Å². The summed E-state index contributed by atoms with van der Waals surface area (Å²) in [5.74, 6) is 0.404. The van der Waals surface area contributed by atoms with Gasteiger partial charge in [-0.25, -0.2) is 23.2 Å². The number of anilines is 1. The minimum absolute atomic E-state index is 0.0767. The first kappa shape index (κ1) is 20.2. The second-order valence-corrected chi connectivity index (χ2v) is 9.82. The summed E-state index contributed by atoms with van der Waals surface area (Å²) in [5, 5.41) is 5.35. The minimum atomic E-state index is -3.46. The monoisotopic (exact) mass is 481 g/mol. The molecule has 2 aromatic heterocycles. The highest BCUT2D eigenvalue weighted by Gasteiger charge is 2.17. The number of benzene rings is 1. The van der Waals surface area contributed by atoms with Crippen LogP contribution in [0.1, 0.15) is 5.82 Å². The number of urea groups is 1. The highest BCUT2D eigenvalue weighted by Crippen LogP contribution is 2.24. The highest BCUT2D eigenvalue weighted by molar-refractivity contribution is 9.10. The summed E-state index contributed by atoms with van der Waals surface area (Å²) in [5.41, 5.74) is 1.81. The number of carbonyl (C=O) groups is 1. The maximum Gasteiger partial charge on any atom is 0.321 e. The molecule has 0 saturated heterocycles. The molecule has 146 valence electrons. The largest absolute Gasteiger partial charge is 0.341 e. The van der Waals surface area contributed by atoms with Crippen molar-refractivity contribution in [1.82, 2.24) is 20.3 Å². The molecule has 3 rings (SSSR count). The van der Waals surface area contributed by atoms with Crippen molar-refractivity contribution in [3.63, 3.8) is 0 Å². The average molecular weight is 482 g/mol. The first-order valence-electron chi connectivity index (χ1n) is 8.01. The third kappa shape index (κ3) is 5.06. The molecule has 3 N–H and O–H groups in total. The van der Waals surface area contributed by atoms with Crippen molar-refractivity contribution in [2.24, 2.45) is 0 Å². The molecule has 8 nitrogen and oxygen atoms in total. The van der Waals surface area contributed by atoms with Crippen molar-refractivity contribution in [3.05, 3.63) is 59.6 Å². The number of imidazole rings is 1. The zero-order valence-corrected chi connectivity index (χ0v) is 17.7. The smallest absolute Gasteiger partial charge is 0.321 e. The molecule has 28 heavy (non-hydrogen) atoms. The van der Waals surface area contributed by atoms with Gasteiger partial charge in [-0.3, -0.25) is 5.32 Å². The number of aromatic nitrogens is 3. The van der Waals surface area contributed by atoms with Crippen molar-refractivity contribution >= 4 is 48.3 Å². The normalized spacial score (nSPS) is 11.2. The Morgan fingerprint density at radius 1 is 1.25 bits per heavy atom. The van der Waals surface area contributed by atoms with Gasteiger partial charge in [-0.2, -0.15) is 0 Å². The number of thiazole rings is 1. The molecule has 0 aliphatic heterocycles. The summed E-state index contributed by atoms with van der Waals surface area (Å²) in [6.45, 7) is 3.59. The number of nitrogens with zero attached hydrogens (tertiary/aromatic N) is 2. The first-order chi connectivity index (χ1) is 13.4. The van der Waals surface area contributed by atoms with Crippen LogP contribution in [0, 0.1) is 0 Å². The lowest BCUT2D eigenvalue weighted by atomic mass is 10.2. The fourth-order valence-corrected chi connectivity index (χ4v) is 4.68. The van der Waals surface area contributed by atoms with Gasteiger partial charge in [0.2, 0.25) is 0 Å². The van der Waals surface area contributed by atoms with E-state index in [2.05, 4.69) is 48.1 Å². The van der Waals surface area contributed by atoms with Crippen molar-refractivity contribution in [2.75, 3.05) is 11.1 Å². The number of amides is 2. The van der Waals surface area contributed by atoms with E-state index in [1.165, 1.54) is 12.3 Å². The molecule has 0 aliphatic rings. The van der Waals surface area contributed by atoms with E-state index in [9.17, 15) is 13.2 Å². The van der Waals surface area contributed by atoms with Crippen LogP contribution in [0.15, 0.2) is 58.0 Å². The Morgan fingerprint density at radius 3 is 2.71 bits per heavy atom. The van der Waals surface area contributed by atoms with Crippen LogP contribution in [0.25, 0.3) is 11.3 Å². The predicted molar refractivity (Wildman–Crippen MR) is 112 cm³/mol. The van der Waals surface area contributed by atoms with E-state index in [4.69, 9.17) is 0 Å². The molecule has 1 aromatic carbocycles. The summed E-state index contributed by atoms with van der Waals surface area (Å²) >= 11 is 4.28. The first-order valence-corrected chi connectivity index (χ1v) is 11.3. The van der Waals surface area contributed by atoms with E-state index in [0.29, 0.717) is 5.82 Å². The van der Waals surface area contributed by atoms with Crippen LogP contribution in [0.5, 0.6) is 0 Å². The standard InChI is InChI=1S/C17H16BrN5O3S2/c1-2-7-28(25,26)15-10-21-17(27-15)23-16(24)20-9-14-19-8-13(22-14)11-3-5-12(18)6-4-11/h2-6,8,10H,1,7,9H2,(H,19,22)(H2,20,21,23,24). The number of nitrogens with one attached hydrogen (secondary N) is 3. The van der Waals surface area contributed by atoms with E-state index in [0.717, 1.165) is 27.1 Å². The van der Waals surface area contributed by atoms with Gasteiger partial charge in [0.1, 0.15) is 10.0 Å². The van der Waals surface area contributed by atoms with Crippen LogP contribution in [-0.4, -0.2) is 35.2 Å². The number of sulfone groups is 1. The third-order valence-electron chi connectivity index (χ3n) is 3.55. The zero-order valence-electron chi connectivity index (χ0n) is 14.5. The van der Waals surface area contributed by atoms with Gasteiger partial charge < -0.3 is 10.3 Å². The second-order valence-electron chi connectivity index (χ2n) is 5.61. The Morgan fingerprint density at radius 2 is 2.00 bits per heavy atom. The summed E-state index contributed by atoms with van der Waals surface area (Å²) in [6, 6.07) is 7.24. The number of rotatable bonds is 7. The van der Waals surface area contributed by atoms with Crippen LogP contribution in [0.3, 0.4) is 0 Å². The van der Waals surface area contributed by atoms with Gasteiger partial charge >= 0.3 is 6.03 Å². The number of hydrogen-bond donors (Lipinski definition) is 3. The van der Waals surface area contributed by atoms with Crippen LogP contribution >= 0.6 is 27.3 Å². The number of hydrogen-bond acceptors (Lipinski definition) is 6. The fraction of sp³-hybridized carbons (Fsp3) is 0.118. The van der Waals surface area contributed by atoms with Crippen molar-refractivity contribution < 1.29 is 13.2 Å². The zero-order chi connectivity index (χ0) is 20.1. The van der Waals surface area contributed by atoms with Gasteiger partial charge in [0, 0.05) is 4.47 Å². The summed E-state index contributed by atoms with van der Waals surface area (Å²) in [7, 11) is -3.46. The van der Waals surface area contributed by atoms with Gasteiger partial charge in [-0.15, -0.1) is 6.58 Å². The molecule has 2 amide bonds. The Bertz CT molecular complexity index is 1090. The van der Waals surface area contributed by atoms with E-state index < -0.39 is 15.9 Å². The molecule has 11 heteroatoms. The molecule has 0 spiro atoms. The third-order valence-corrected chi connectivity index (χ3v) is 7.19. The van der Waals surface area contributed by atoms with E-state index in [-0.39, 0.29) is 21.6 Å². The van der Waals surface area contributed by atoms with Crippen LogP contribution in [0.2, 0.25) is 0 Å². The SMILES string of the molecule is C=CCS(=O)(=O)c1cnc(NC(=O)NCc2ncc(-c3ccc(Br)cc3)[nH]2)s1. The second kappa shape index (κ2) is 8.67. The highest BCUT2D eigenvalue weighted by atomic mass is 79.9. The molecule has 0 aliphatic carbocycles. The van der Waals surface area contributed by atoms with Gasteiger partial charge in [0.05, 0.1) is 30.4 Å². The molecular weight excluding hydrogens is 466 g/mol. The average Bonchev–Trinajstić information content (AvgIpc) is 3.30. The molecule has 0 saturated carbocycles. The number of halogens is 1. The van der Waals surface area contributed by atoms with Crippen LogP contribution in [0.4, 0.5) is 9.93 Å². The fourth-order valence-electron chi connectivity index (χ4n) is 2.23. The van der Waals surface area contributed by atoms with Crippen LogP contribution in [-0.2, 0) is 16.4 Å². The lowest BCUT2D eigenvalue weighted by Crippen LogP contribution is -2.28. The Kier molecular flexibility index (Phi) is 6.27. The Hall–Kier alpha value is -2.50. The molecule has 3 aromatic rings. The molecule has 0 atom stereocenters. The van der Waals surface area contributed by atoms with E-state index in [1.807, 2.05) is 24.3 Å². The molecule has 0 radical (unpaired) electrons. The summed E-state index contributed by atoms with van der Waals surface area (Å²) < 4.78 is 24.9. The molecule has 0 bridgehead atoms. The quantitative estimate of drug-likeness (QED) is 0.445. The minimum Gasteiger partial charge on any atom is -0.341 e. The molecular formula is C17H16BrN5O3S2. The maximum absolute atomic E-state index is 12.0. The van der Waals surface area contributed by atoms with Crippen molar-refractivity contribution in [3.8, 4) is 11.3 Å². The summed E-state index contributed by atoms with van der Waals surface area (Å²) in [4.78, 5) is 23.3. The van der Waals surface area contributed by atoms with Crippen LogP contribution < -0.4 is 10.6 Å². The maximum atomic E-state index is 12.0. The van der Waals surface area contributed by atoms with E-state index in [1.54, 1.807) is 6.20 Å². The lowest BCUT2D eigenvalue weighted by Gasteiger charge is -2.03. The van der Waals surface area contributed by atoms with Gasteiger partial charge in [0.25, 0.3) is 0 Å². The lowest BCUT2D eigenvalue weighted by molar-refractivity contribution is 0.251. The molecule has 0 unspecified atom stereocenters. The topological polar surface area (TPSA) is 117 Å². The number of aromatic amines is 1. The summed E-state index contributed by atoms with van der Waals surface area (Å²) in [6.07, 6.45) is 4.21. The molecule has 0 fully saturated rings.